The highest BCUT2D eigenvalue weighted by atomic mass is 35.5. The SMILES string of the molecule is Nc1c(Cl)cc(C(=O)NCC2C3CN(CC4CC4)CC23)c2nc(OC(=O)C(O)C(O)C(=O)O)ccc12. The summed E-state index contributed by atoms with van der Waals surface area (Å²) in [6, 6.07) is 4.09. The Kier molecular flexibility index (Phi) is 6.50. The number of ether oxygens (including phenoxy) is 1. The molecule has 6 N–H and O–H groups in total. The van der Waals surface area contributed by atoms with Gasteiger partial charge in [-0.25, -0.2) is 14.6 Å². The van der Waals surface area contributed by atoms with Crippen LogP contribution in [0.15, 0.2) is 18.2 Å². The number of rotatable bonds is 9. The zero-order valence-electron chi connectivity index (χ0n) is 19.3. The molecular weight excluding hydrogens is 492 g/mol. The summed E-state index contributed by atoms with van der Waals surface area (Å²) in [6.45, 7) is 3.88. The van der Waals surface area contributed by atoms with Crippen molar-refractivity contribution in [2.24, 2.45) is 23.7 Å². The maximum Gasteiger partial charge on any atom is 0.345 e. The van der Waals surface area contributed by atoms with E-state index in [4.69, 9.17) is 27.2 Å². The standard InChI is InChI=1S/C24H27ClN4O7/c25-16-5-12(22(32)27-6-13-14-8-29(9-15(13)14)7-10-1-2-10)19-11(18(16)26)3-4-17(28-19)36-24(35)21(31)20(30)23(33)34/h3-5,10,13-15,20-21,30-31H,1-2,6-9,26H2,(H,27,32)(H,33,34). The number of hydrogen-bond acceptors (Lipinski definition) is 9. The van der Waals surface area contributed by atoms with Gasteiger partial charge in [-0.2, -0.15) is 0 Å². The number of aliphatic hydroxyl groups is 2. The number of halogens is 1. The van der Waals surface area contributed by atoms with E-state index in [2.05, 4.69) is 15.2 Å². The van der Waals surface area contributed by atoms with Crippen LogP contribution in [-0.2, 0) is 9.59 Å². The molecule has 4 atom stereocenters. The number of pyridine rings is 1. The number of anilines is 1. The van der Waals surface area contributed by atoms with Gasteiger partial charge in [-0.05, 0) is 48.6 Å². The molecule has 2 aliphatic carbocycles. The minimum atomic E-state index is -2.36. The number of aromatic nitrogens is 1. The number of carboxylic acid groups (broad SMARTS) is 1. The third kappa shape index (κ3) is 4.83. The fourth-order valence-electron chi connectivity index (χ4n) is 5.08. The normalized spacial score (nSPS) is 24.7. The molecule has 1 aliphatic heterocycles. The molecule has 2 saturated carbocycles. The number of carbonyl (C=O) groups is 3. The van der Waals surface area contributed by atoms with Crippen molar-refractivity contribution in [3.63, 3.8) is 0 Å². The molecule has 1 aromatic carbocycles. The lowest BCUT2D eigenvalue weighted by molar-refractivity contribution is -0.164. The fraction of sp³-hybridized carbons (Fsp3) is 0.500. The summed E-state index contributed by atoms with van der Waals surface area (Å²) < 4.78 is 4.93. The van der Waals surface area contributed by atoms with E-state index in [-0.39, 0.29) is 27.7 Å². The Morgan fingerprint density at radius 1 is 1.19 bits per heavy atom. The highest BCUT2D eigenvalue weighted by molar-refractivity contribution is 6.35. The highest BCUT2D eigenvalue weighted by Crippen LogP contribution is 2.52. The van der Waals surface area contributed by atoms with Crippen LogP contribution in [-0.4, -0.2) is 81.4 Å². The van der Waals surface area contributed by atoms with Crippen molar-refractivity contribution in [1.29, 1.82) is 0 Å². The predicted octanol–water partition coefficient (Wildman–Crippen LogP) is 0.500. The molecule has 2 aromatic rings. The Morgan fingerprint density at radius 2 is 1.89 bits per heavy atom. The van der Waals surface area contributed by atoms with E-state index in [1.165, 1.54) is 37.6 Å². The number of fused-ring (bicyclic) bond motifs is 2. The van der Waals surface area contributed by atoms with Crippen molar-refractivity contribution in [2.75, 3.05) is 31.9 Å². The monoisotopic (exact) mass is 518 g/mol. The molecule has 0 bridgehead atoms. The smallest absolute Gasteiger partial charge is 0.345 e. The minimum Gasteiger partial charge on any atom is -0.479 e. The van der Waals surface area contributed by atoms with Crippen LogP contribution in [0, 0.1) is 23.7 Å². The predicted molar refractivity (Wildman–Crippen MR) is 128 cm³/mol. The number of nitrogens with two attached hydrogens (primary N) is 1. The average molecular weight is 519 g/mol. The summed E-state index contributed by atoms with van der Waals surface area (Å²) in [6.07, 6.45) is -2.01. The summed E-state index contributed by atoms with van der Waals surface area (Å²) in [4.78, 5) is 42.6. The highest BCUT2D eigenvalue weighted by Gasteiger charge is 2.55. The van der Waals surface area contributed by atoms with Gasteiger partial charge in [-0.15, -0.1) is 0 Å². The van der Waals surface area contributed by atoms with E-state index in [9.17, 15) is 24.6 Å². The van der Waals surface area contributed by atoms with Crippen molar-refractivity contribution in [2.45, 2.75) is 25.0 Å². The lowest BCUT2D eigenvalue weighted by Gasteiger charge is -2.19. The number of nitrogens with one attached hydrogen (secondary N) is 1. The first-order valence-corrected chi connectivity index (χ1v) is 12.2. The first-order valence-electron chi connectivity index (χ1n) is 11.8. The molecule has 4 unspecified atom stereocenters. The van der Waals surface area contributed by atoms with Crippen LogP contribution in [0.4, 0.5) is 5.69 Å². The van der Waals surface area contributed by atoms with Gasteiger partial charge >= 0.3 is 11.9 Å². The number of amides is 1. The average Bonchev–Trinajstić information content (AvgIpc) is 3.75. The van der Waals surface area contributed by atoms with E-state index in [1.54, 1.807) is 0 Å². The van der Waals surface area contributed by atoms with Crippen LogP contribution in [0.25, 0.3) is 10.9 Å². The number of carbonyl (C=O) groups excluding carboxylic acids is 2. The van der Waals surface area contributed by atoms with Crippen LogP contribution in [0.1, 0.15) is 23.2 Å². The van der Waals surface area contributed by atoms with E-state index in [0.717, 1.165) is 19.0 Å². The molecular formula is C24H27ClN4O7. The number of hydrogen-bond donors (Lipinski definition) is 5. The first-order chi connectivity index (χ1) is 17.1. The van der Waals surface area contributed by atoms with Crippen LogP contribution < -0.4 is 15.8 Å². The molecule has 1 amide bonds. The summed E-state index contributed by atoms with van der Waals surface area (Å²) in [5.74, 6) is -1.41. The first kappa shape index (κ1) is 24.7. The van der Waals surface area contributed by atoms with Crippen LogP contribution in [0.3, 0.4) is 0 Å². The number of likely N-dealkylation sites (tertiary alicyclic amines) is 1. The van der Waals surface area contributed by atoms with Crippen LogP contribution in [0.5, 0.6) is 5.88 Å². The van der Waals surface area contributed by atoms with Crippen molar-refractivity contribution >= 4 is 46.0 Å². The van der Waals surface area contributed by atoms with Gasteiger partial charge < -0.3 is 36.0 Å². The Balaban J connectivity index is 1.28. The quantitative estimate of drug-likeness (QED) is 0.232. The van der Waals surface area contributed by atoms with E-state index >= 15 is 0 Å². The Hall–Kier alpha value is -2.99. The molecule has 1 saturated heterocycles. The van der Waals surface area contributed by atoms with Gasteiger partial charge in [-0.1, -0.05) is 11.6 Å². The third-order valence-electron chi connectivity index (χ3n) is 7.35. The third-order valence-corrected chi connectivity index (χ3v) is 7.66. The second-order valence-corrected chi connectivity index (χ2v) is 10.3. The minimum absolute atomic E-state index is 0.125. The second-order valence-electron chi connectivity index (χ2n) is 9.88. The van der Waals surface area contributed by atoms with Crippen molar-refractivity contribution in [3.05, 3.63) is 28.8 Å². The molecule has 0 spiro atoms. The number of benzene rings is 1. The maximum absolute atomic E-state index is 13.1. The van der Waals surface area contributed by atoms with Gasteiger partial charge in [0.05, 0.1) is 21.8 Å². The molecule has 11 nitrogen and oxygen atoms in total. The van der Waals surface area contributed by atoms with Gasteiger partial charge in [0.15, 0.2) is 12.2 Å². The molecule has 3 fully saturated rings. The zero-order chi connectivity index (χ0) is 25.7. The van der Waals surface area contributed by atoms with Gasteiger partial charge in [0, 0.05) is 37.6 Å². The summed E-state index contributed by atoms with van der Waals surface area (Å²) >= 11 is 6.24. The van der Waals surface area contributed by atoms with Gasteiger partial charge in [-0.3, -0.25) is 4.79 Å². The van der Waals surface area contributed by atoms with Crippen molar-refractivity contribution in [3.8, 4) is 5.88 Å². The Labute approximate surface area is 211 Å². The maximum atomic E-state index is 13.1. The lowest BCUT2D eigenvalue weighted by Crippen LogP contribution is -2.41. The number of carboxylic acids is 1. The molecule has 0 radical (unpaired) electrons. The summed E-state index contributed by atoms with van der Waals surface area (Å²) in [5, 5.41) is 31.3. The number of aliphatic carboxylic acids is 1. The summed E-state index contributed by atoms with van der Waals surface area (Å²) in [7, 11) is 0. The van der Waals surface area contributed by atoms with Crippen molar-refractivity contribution in [1.82, 2.24) is 15.2 Å². The van der Waals surface area contributed by atoms with Crippen LogP contribution >= 0.6 is 11.6 Å². The Morgan fingerprint density at radius 3 is 2.53 bits per heavy atom. The lowest BCUT2D eigenvalue weighted by atomic mass is 10.1. The molecule has 2 heterocycles. The molecule has 36 heavy (non-hydrogen) atoms. The van der Waals surface area contributed by atoms with Gasteiger partial charge in [0.25, 0.3) is 5.91 Å². The van der Waals surface area contributed by atoms with Gasteiger partial charge in [0.1, 0.15) is 0 Å². The van der Waals surface area contributed by atoms with Crippen LogP contribution in [0.2, 0.25) is 5.02 Å². The summed E-state index contributed by atoms with van der Waals surface area (Å²) in [5.41, 5.74) is 6.49. The fourth-order valence-corrected chi connectivity index (χ4v) is 5.29. The van der Waals surface area contributed by atoms with E-state index < -0.39 is 30.1 Å². The largest absolute Gasteiger partial charge is 0.479 e. The van der Waals surface area contributed by atoms with E-state index in [1.807, 2.05) is 0 Å². The van der Waals surface area contributed by atoms with Gasteiger partial charge in [0.2, 0.25) is 5.88 Å². The number of piperidine rings is 1. The molecule has 12 heteroatoms. The molecule has 192 valence electrons. The van der Waals surface area contributed by atoms with E-state index in [0.29, 0.717) is 29.7 Å². The molecule has 3 aliphatic rings. The zero-order valence-corrected chi connectivity index (χ0v) is 20.0. The topological polar surface area (TPSA) is 175 Å². The van der Waals surface area contributed by atoms with Crippen molar-refractivity contribution < 1.29 is 34.4 Å². The second kappa shape index (κ2) is 9.47. The number of nitrogens with zero attached hydrogens (tertiary/aromatic N) is 2. The molecule has 5 rings (SSSR count). The number of aliphatic hydroxyl groups excluding tert-OH is 2. The molecule has 1 aromatic heterocycles. The number of esters is 1. The Bertz CT molecular complexity index is 1220. The number of nitrogen functional groups attached to an aromatic ring is 1.